The molecule has 2 heterocycles. The Balaban J connectivity index is 1.68. The number of hydrogen-bond acceptors (Lipinski definition) is 2. The molecule has 0 saturated carbocycles. The molecule has 3 aromatic rings. The molecule has 2 aromatic carbocycles. The highest BCUT2D eigenvalue weighted by molar-refractivity contribution is 5.96. The normalized spacial score (nSPS) is 14.1. The van der Waals surface area contributed by atoms with Crippen LogP contribution in [0.5, 0.6) is 0 Å². The molecule has 4 rings (SSSR count). The molecule has 0 aliphatic carbocycles. The lowest BCUT2D eigenvalue weighted by Crippen LogP contribution is -2.22. The SMILES string of the molecule is C1=NCCN1CCc1ccccc1-c1c[nH]c2ccccc12. The van der Waals surface area contributed by atoms with E-state index in [4.69, 9.17) is 0 Å². The smallest absolute Gasteiger partial charge is 0.0851 e. The van der Waals surface area contributed by atoms with Crippen molar-refractivity contribution in [3.8, 4) is 11.1 Å². The predicted octanol–water partition coefficient (Wildman–Crippen LogP) is 3.72. The summed E-state index contributed by atoms with van der Waals surface area (Å²) in [4.78, 5) is 9.96. The Morgan fingerprint density at radius 1 is 1.00 bits per heavy atom. The Labute approximate surface area is 130 Å². The lowest BCUT2D eigenvalue weighted by molar-refractivity contribution is 0.472. The largest absolute Gasteiger partial charge is 0.361 e. The standard InChI is InChI=1S/C19H19N3/c1-2-6-16(15(5-1)9-11-22-12-10-20-14-22)18-13-21-19-8-4-3-7-17(18)19/h1-8,13-14,21H,9-12H2. The maximum absolute atomic E-state index is 4.29. The van der Waals surface area contributed by atoms with Crippen LogP contribution in [0.1, 0.15) is 5.56 Å². The molecule has 1 aromatic heterocycles. The molecule has 0 radical (unpaired) electrons. The zero-order chi connectivity index (χ0) is 14.8. The molecule has 0 fully saturated rings. The van der Waals surface area contributed by atoms with Crippen molar-refractivity contribution in [1.29, 1.82) is 0 Å². The summed E-state index contributed by atoms with van der Waals surface area (Å²) in [6.07, 6.45) is 5.15. The van der Waals surface area contributed by atoms with E-state index in [9.17, 15) is 0 Å². The van der Waals surface area contributed by atoms with Gasteiger partial charge in [-0.1, -0.05) is 42.5 Å². The second-order valence-corrected chi connectivity index (χ2v) is 5.71. The van der Waals surface area contributed by atoms with E-state index < -0.39 is 0 Å². The van der Waals surface area contributed by atoms with E-state index in [1.807, 2.05) is 6.34 Å². The number of para-hydroxylation sites is 1. The zero-order valence-electron chi connectivity index (χ0n) is 12.5. The maximum Gasteiger partial charge on any atom is 0.0851 e. The van der Waals surface area contributed by atoms with Crippen LogP contribution in [0, 0.1) is 0 Å². The molecule has 0 bridgehead atoms. The summed E-state index contributed by atoms with van der Waals surface area (Å²) in [6, 6.07) is 17.2. The zero-order valence-corrected chi connectivity index (χ0v) is 12.5. The minimum atomic E-state index is 0.935. The van der Waals surface area contributed by atoms with Crippen molar-refractivity contribution < 1.29 is 0 Å². The van der Waals surface area contributed by atoms with Crippen LogP contribution in [0.25, 0.3) is 22.0 Å². The molecule has 0 saturated heterocycles. The first kappa shape index (κ1) is 13.1. The number of nitrogens with zero attached hydrogens (tertiary/aromatic N) is 2. The van der Waals surface area contributed by atoms with Gasteiger partial charge in [0.25, 0.3) is 0 Å². The first-order valence-corrected chi connectivity index (χ1v) is 7.80. The molecule has 1 aliphatic heterocycles. The van der Waals surface area contributed by atoms with Gasteiger partial charge in [0.05, 0.1) is 12.9 Å². The van der Waals surface area contributed by atoms with Gasteiger partial charge in [-0.05, 0) is 23.6 Å². The van der Waals surface area contributed by atoms with Crippen molar-refractivity contribution in [2.75, 3.05) is 19.6 Å². The number of rotatable bonds is 4. The van der Waals surface area contributed by atoms with E-state index >= 15 is 0 Å². The Hall–Kier alpha value is -2.55. The topological polar surface area (TPSA) is 31.4 Å². The lowest BCUT2D eigenvalue weighted by atomic mass is 9.97. The third-order valence-electron chi connectivity index (χ3n) is 4.33. The number of hydrogen-bond donors (Lipinski definition) is 1. The van der Waals surface area contributed by atoms with Gasteiger partial charge in [-0.2, -0.15) is 0 Å². The molecule has 3 heteroatoms. The van der Waals surface area contributed by atoms with Gasteiger partial charge < -0.3 is 9.88 Å². The van der Waals surface area contributed by atoms with Crippen LogP contribution in [0.2, 0.25) is 0 Å². The summed E-state index contributed by atoms with van der Waals surface area (Å²) in [5.41, 5.74) is 5.21. The molecule has 1 N–H and O–H groups in total. The van der Waals surface area contributed by atoms with Gasteiger partial charge in [0.15, 0.2) is 0 Å². The molecule has 110 valence electrons. The van der Waals surface area contributed by atoms with E-state index in [0.29, 0.717) is 0 Å². The summed E-state index contributed by atoms with van der Waals surface area (Å²) in [6.45, 7) is 3.02. The molecule has 1 aliphatic rings. The Morgan fingerprint density at radius 2 is 1.86 bits per heavy atom. The Bertz CT molecular complexity index is 816. The molecule has 22 heavy (non-hydrogen) atoms. The van der Waals surface area contributed by atoms with Crippen LogP contribution in [0.4, 0.5) is 0 Å². The fourth-order valence-corrected chi connectivity index (χ4v) is 3.15. The average molecular weight is 289 g/mol. The lowest BCUT2D eigenvalue weighted by Gasteiger charge is -2.15. The molecule has 0 spiro atoms. The molecule has 0 amide bonds. The molecule has 0 unspecified atom stereocenters. The number of H-pyrrole nitrogens is 1. The quantitative estimate of drug-likeness (QED) is 0.780. The number of aromatic nitrogens is 1. The van der Waals surface area contributed by atoms with Crippen molar-refractivity contribution in [2.45, 2.75) is 6.42 Å². The first-order chi connectivity index (χ1) is 10.9. The van der Waals surface area contributed by atoms with Crippen LogP contribution in [-0.2, 0) is 6.42 Å². The highest BCUT2D eigenvalue weighted by Gasteiger charge is 2.11. The van der Waals surface area contributed by atoms with Crippen molar-refractivity contribution >= 4 is 17.2 Å². The molecular formula is C19H19N3. The van der Waals surface area contributed by atoms with Gasteiger partial charge >= 0.3 is 0 Å². The van der Waals surface area contributed by atoms with Crippen LogP contribution in [-0.4, -0.2) is 35.9 Å². The van der Waals surface area contributed by atoms with Crippen LogP contribution < -0.4 is 0 Å². The molecular weight excluding hydrogens is 270 g/mol. The Morgan fingerprint density at radius 3 is 2.77 bits per heavy atom. The maximum atomic E-state index is 4.29. The van der Waals surface area contributed by atoms with E-state index in [0.717, 1.165) is 26.1 Å². The van der Waals surface area contributed by atoms with Gasteiger partial charge in [-0.3, -0.25) is 4.99 Å². The average Bonchev–Trinajstić information content (AvgIpc) is 3.23. The second kappa shape index (κ2) is 5.68. The fraction of sp³-hybridized carbons (Fsp3) is 0.211. The first-order valence-electron chi connectivity index (χ1n) is 7.80. The van der Waals surface area contributed by atoms with E-state index in [1.165, 1.54) is 27.6 Å². The third kappa shape index (κ3) is 2.39. The van der Waals surface area contributed by atoms with Gasteiger partial charge in [0.1, 0.15) is 0 Å². The number of nitrogens with one attached hydrogen (secondary N) is 1. The van der Waals surface area contributed by atoms with Crippen molar-refractivity contribution in [1.82, 2.24) is 9.88 Å². The van der Waals surface area contributed by atoms with Crippen LogP contribution in [0.15, 0.2) is 59.7 Å². The fourth-order valence-electron chi connectivity index (χ4n) is 3.15. The summed E-state index contributed by atoms with van der Waals surface area (Å²) >= 11 is 0. The third-order valence-corrected chi connectivity index (χ3v) is 4.33. The predicted molar refractivity (Wildman–Crippen MR) is 92.4 cm³/mol. The van der Waals surface area contributed by atoms with Gasteiger partial charge in [-0.15, -0.1) is 0 Å². The van der Waals surface area contributed by atoms with Crippen LogP contribution >= 0.6 is 0 Å². The van der Waals surface area contributed by atoms with E-state index in [2.05, 4.69) is 69.6 Å². The van der Waals surface area contributed by atoms with Gasteiger partial charge in [-0.25, -0.2) is 0 Å². The second-order valence-electron chi connectivity index (χ2n) is 5.71. The molecule has 3 nitrogen and oxygen atoms in total. The summed E-state index contributed by atoms with van der Waals surface area (Å²) in [5, 5.41) is 1.29. The number of fused-ring (bicyclic) bond motifs is 1. The number of benzene rings is 2. The van der Waals surface area contributed by atoms with Crippen molar-refractivity contribution in [3.63, 3.8) is 0 Å². The van der Waals surface area contributed by atoms with E-state index in [-0.39, 0.29) is 0 Å². The van der Waals surface area contributed by atoms with Gasteiger partial charge in [0.2, 0.25) is 0 Å². The summed E-state index contributed by atoms with van der Waals surface area (Å²) in [5.74, 6) is 0. The summed E-state index contributed by atoms with van der Waals surface area (Å²) in [7, 11) is 0. The van der Waals surface area contributed by atoms with E-state index in [1.54, 1.807) is 0 Å². The minimum absolute atomic E-state index is 0.935. The highest BCUT2D eigenvalue weighted by Crippen LogP contribution is 2.31. The number of aliphatic imine (C=N–C) groups is 1. The number of aromatic amines is 1. The monoisotopic (exact) mass is 289 g/mol. The van der Waals surface area contributed by atoms with Crippen LogP contribution in [0.3, 0.4) is 0 Å². The van der Waals surface area contributed by atoms with Crippen molar-refractivity contribution in [2.24, 2.45) is 4.99 Å². The Kier molecular flexibility index (Phi) is 3.39. The molecule has 0 atom stereocenters. The highest BCUT2D eigenvalue weighted by atomic mass is 15.2. The minimum Gasteiger partial charge on any atom is -0.361 e. The van der Waals surface area contributed by atoms with Crippen molar-refractivity contribution in [3.05, 3.63) is 60.3 Å². The van der Waals surface area contributed by atoms with Gasteiger partial charge in [0, 0.05) is 35.8 Å². The summed E-state index contributed by atoms with van der Waals surface area (Å²) < 4.78 is 0.